The maximum atomic E-state index is 5.71. The van der Waals surface area contributed by atoms with Gasteiger partial charge in [0.05, 0.1) is 6.04 Å². The van der Waals surface area contributed by atoms with E-state index in [-0.39, 0.29) is 6.04 Å². The monoisotopic (exact) mass is 246 g/mol. The summed E-state index contributed by atoms with van der Waals surface area (Å²) < 4.78 is 0. The Morgan fingerprint density at radius 2 is 2.18 bits per heavy atom. The highest BCUT2D eigenvalue weighted by Crippen LogP contribution is 2.27. The van der Waals surface area contributed by atoms with Crippen LogP contribution in [-0.4, -0.2) is 0 Å². The first-order chi connectivity index (χ1) is 8.26. The van der Waals surface area contributed by atoms with Crippen LogP contribution in [0.15, 0.2) is 35.0 Å². The van der Waals surface area contributed by atoms with Crippen molar-refractivity contribution >= 4 is 11.3 Å². The van der Waals surface area contributed by atoms with Crippen LogP contribution in [0.3, 0.4) is 0 Å². The highest BCUT2D eigenvalue weighted by atomic mass is 32.1. The third kappa shape index (κ3) is 2.57. The molecular formula is C14H18N2S. The fourth-order valence-electron chi connectivity index (χ4n) is 2.02. The summed E-state index contributed by atoms with van der Waals surface area (Å²) >= 11 is 1.72. The van der Waals surface area contributed by atoms with Gasteiger partial charge in [0.1, 0.15) is 0 Å². The lowest BCUT2D eigenvalue weighted by Gasteiger charge is -2.17. The van der Waals surface area contributed by atoms with Gasteiger partial charge in [-0.05, 0) is 46.4 Å². The van der Waals surface area contributed by atoms with Crippen LogP contribution in [0.1, 0.15) is 35.2 Å². The molecular weight excluding hydrogens is 228 g/mol. The number of aryl methyl sites for hydroxylation is 2. The molecule has 0 saturated carbocycles. The van der Waals surface area contributed by atoms with E-state index in [2.05, 4.69) is 54.3 Å². The first-order valence-corrected chi connectivity index (χ1v) is 6.78. The summed E-state index contributed by atoms with van der Waals surface area (Å²) in [7, 11) is 0. The van der Waals surface area contributed by atoms with Crippen LogP contribution in [0.4, 0.5) is 0 Å². The Hall–Kier alpha value is -1.16. The molecule has 0 saturated heterocycles. The largest absolute Gasteiger partial charge is 0.271 e. The number of hydrazine groups is 1. The Kier molecular flexibility index (Phi) is 3.94. The third-order valence-corrected chi connectivity index (χ3v) is 3.95. The van der Waals surface area contributed by atoms with Crippen LogP contribution < -0.4 is 11.3 Å². The Balaban J connectivity index is 2.38. The molecule has 3 N–H and O–H groups in total. The van der Waals surface area contributed by atoms with Gasteiger partial charge in [0.2, 0.25) is 0 Å². The fourth-order valence-corrected chi connectivity index (χ4v) is 2.90. The van der Waals surface area contributed by atoms with E-state index >= 15 is 0 Å². The molecule has 0 aliphatic heterocycles. The van der Waals surface area contributed by atoms with Gasteiger partial charge in [-0.2, -0.15) is 11.3 Å². The summed E-state index contributed by atoms with van der Waals surface area (Å²) in [5.74, 6) is 5.71. The summed E-state index contributed by atoms with van der Waals surface area (Å²) in [6.45, 7) is 4.29. The number of hydrogen-bond acceptors (Lipinski definition) is 3. The van der Waals surface area contributed by atoms with Crippen LogP contribution in [0, 0.1) is 6.92 Å². The lowest BCUT2D eigenvalue weighted by molar-refractivity contribution is 0.635. The van der Waals surface area contributed by atoms with E-state index in [1.165, 1.54) is 22.3 Å². The van der Waals surface area contributed by atoms with Crippen LogP contribution in [0.2, 0.25) is 0 Å². The van der Waals surface area contributed by atoms with E-state index in [1.807, 2.05) is 0 Å². The van der Waals surface area contributed by atoms with Crippen molar-refractivity contribution < 1.29 is 0 Å². The molecule has 0 aliphatic rings. The predicted octanol–water partition coefficient (Wildman–Crippen LogP) is 3.17. The zero-order valence-corrected chi connectivity index (χ0v) is 11.1. The zero-order valence-electron chi connectivity index (χ0n) is 10.2. The lowest BCUT2D eigenvalue weighted by atomic mass is 9.97. The molecule has 0 fully saturated rings. The summed E-state index contributed by atoms with van der Waals surface area (Å²) in [5.41, 5.74) is 8.05. The van der Waals surface area contributed by atoms with Crippen molar-refractivity contribution in [2.75, 3.05) is 0 Å². The van der Waals surface area contributed by atoms with Gasteiger partial charge in [0, 0.05) is 0 Å². The van der Waals surface area contributed by atoms with Crippen molar-refractivity contribution in [3.63, 3.8) is 0 Å². The van der Waals surface area contributed by atoms with Crippen LogP contribution in [0.25, 0.3) is 0 Å². The molecule has 1 heterocycles. The van der Waals surface area contributed by atoms with Gasteiger partial charge in [-0.1, -0.05) is 31.2 Å². The first-order valence-electron chi connectivity index (χ1n) is 5.84. The molecule has 1 unspecified atom stereocenters. The molecule has 0 radical (unpaired) electrons. The number of thiophene rings is 1. The number of hydrogen-bond donors (Lipinski definition) is 2. The average Bonchev–Trinajstić information content (AvgIpc) is 2.77. The number of benzene rings is 1. The lowest BCUT2D eigenvalue weighted by Crippen LogP contribution is -2.29. The van der Waals surface area contributed by atoms with Crippen molar-refractivity contribution in [1.82, 2.24) is 5.43 Å². The van der Waals surface area contributed by atoms with Crippen molar-refractivity contribution in [3.8, 4) is 0 Å². The Morgan fingerprint density at radius 1 is 1.35 bits per heavy atom. The molecule has 17 heavy (non-hydrogen) atoms. The molecule has 3 heteroatoms. The quantitative estimate of drug-likeness (QED) is 0.642. The van der Waals surface area contributed by atoms with Crippen molar-refractivity contribution in [2.45, 2.75) is 26.3 Å². The minimum atomic E-state index is 0.0905. The third-order valence-electron chi connectivity index (χ3n) is 3.07. The predicted molar refractivity (Wildman–Crippen MR) is 74.0 cm³/mol. The van der Waals surface area contributed by atoms with E-state index in [0.29, 0.717) is 0 Å². The minimum Gasteiger partial charge on any atom is -0.271 e. The van der Waals surface area contributed by atoms with Gasteiger partial charge in [-0.3, -0.25) is 5.84 Å². The number of rotatable bonds is 4. The van der Waals surface area contributed by atoms with Crippen molar-refractivity contribution in [2.24, 2.45) is 5.84 Å². The van der Waals surface area contributed by atoms with Crippen molar-refractivity contribution in [1.29, 1.82) is 0 Å². The second-order valence-corrected chi connectivity index (χ2v) is 4.95. The molecule has 0 aliphatic carbocycles. The summed E-state index contributed by atoms with van der Waals surface area (Å²) in [5, 5.41) is 4.32. The molecule has 2 rings (SSSR count). The standard InChI is InChI=1S/C14H18N2S/c1-3-11-5-4-6-12(7-11)14(16-15)13-9-17-8-10(13)2/h4-9,14,16H,3,15H2,1-2H3. The van der Waals surface area contributed by atoms with E-state index < -0.39 is 0 Å². The molecule has 90 valence electrons. The van der Waals surface area contributed by atoms with Gasteiger partial charge in [-0.15, -0.1) is 0 Å². The van der Waals surface area contributed by atoms with E-state index in [0.717, 1.165) is 6.42 Å². The van der Waals surface area contributed by atoms with Gasteiger partial charge >= 0.3 is 0 Å². The topological polar surface area (TPSA) is 38.0 Å². The zero-order chi connectivity index (χ0) is 12.3. The van der Waals surface area contributed by atoms with Gasteiger partial charge in [-0.25, -0.2) is 5.43 Å². The Labute approximate surface area is 106 Å². The fraction of sp³-hybridized carbons (Fsp3) is 0.286. The molecule has 0 amide bonds. The van der Waals surface area contributed by atoms with E-state index in [1.54, 1.807) is 11.3 Å². The highest BCUT2D eigenvalue weighted by Gasteiger charge is 2.15. The SMILES string of the molecule is CCc1cccc(C(NN)c2cscc2C)c1. The van der Waals surface area contributed by atoms with Crippen molar-refractivity contribution in [3.05, 3.63) is 57.3 Å². The second-order valence-electron chi connectivity index (χ2n) is 4.21. The summed E-state index contributed by atoms with van der Waals surface area (Å²) in [6.07, 6.45) is 1.05. The number of nitrogens with one attached hydrogen (secondary N) is 1. The molecule has 2 nitrogen and oxygen atoms in total. The smallest absolute Gasteiger partial charge is 0.0720 e. The van der Waals surface area contributed by atoms with Gasteiger partial charge in [0.25, 0.3) is 0 Å². The second kappa shape index (κ2) is 5.45. The van der Waals surface area contributed by atoms with Crippen LogP contribution >= 0.6 is 11.3 Å². The van der Waals surface area contributed by atoms with E-state index in [9.17, 15) is 0 Å². The van der Waals surface area contributed by atoms with Crippen LogP contribution in [0.5, 0.6) is 0 Å². The van der Waals surface area contributed by atoms with E-state index in [4.69, 9.17) is 5.84 Å². The molecule has 2 aromatic rings. The number of nitrogens with two attached hydrogens (primary N) is 1. The molecule has 1 aromatic carbocycles. The molecule has 1 atom stereocenters. The van der Waals surface area contributed by atoms with Gasteiger partial charge < -0.3 is 0 Å². The summed E-state index contributed by atoms with van der Waals surface area (Å²) in [6, 6.07) is 8.69. The molecule has 0 bridgehead atoms. The normalized spacial score (nSPS) is 12.6. The maximum absolute atomic E-state index is 5.71. The maximum Gasteiger partial charge on any atom is 0.0720 e. The van der Waals surface area contributed by atoms with Crippen LogP contribution in [-0.2, 0) is 6.42 Å². The first kappa shape index (κ1) is 12.3. The van der Waals surface area contributed by atoms with Gasteiger partial charge in [0.15, 0.2) is 0 Å². The Bertz CT molecular complexity index is 490. The molecule has 1 aromatic heterocycles. The summed E-state index contributed by atoms with van der Waals surface area (Å²) in [4.78, 5) is 0. The minimum absolute atomic E-state index is 0.0905. The Morgan fingerprint density at radius 3 is 2.76 bits per heavy atom. The highest BCUT2D eigenvalue weighted by molar-refractivity contribution is 7.08. The molecule has 0 spiro atoms. The average molecular weight is 246 g/mol.